The molecule has 0 bridgehead atoms. The molecule has 3 heteroatoms. The first-order valence-electron chi connectivity index (χ1n) is 3.68. The van der Waals surface area contributed by atoms with Crippen LogP contribution in [0.4, 0.5) is 0 Å². The van der Waals surface area contributed by atoms with Crippen LogP contribution in [0.3, 0.4) is 0 Å². The van der Waals surface area contributed by atoms with Gasteiger partial charge in [0.05, 0.1) is 0 Å². The van der Waals surface area contributed by atoms with E-state index < -0.39 is 0 Å². The lowest BCUT2D eigenvalue weighted by atomic mass is 10.3. The maximum Gasteiger partial charge on any atom is 0.156 e. The molecular weight excluding hydrogens is 156 g/mol. The van der Waals surface area contributed by atoms with Gasteiger partial charge in [-0.15, -0.1) is 0 Å². The normalized spacial score (nSPS) is 11.4. The van der Waals surface area contributed by atoms with Gasteiger partial charge in [-0.05, 0) is 6.42 Å². The van der Waals surface area contributed by atoms with E-state index in [0.29, 0.717) is 0 Å². The van der Waals surface area contributed by atoms with Crippen LogP contribution < -0.4 is 5.32 Å². The smallest absolute Gasteiger partial charge is 0.156 e. The zero-order valence-electron chi connectivity index (χ0n) is 7.48. The molecule has 11 heavy (non-hydrogen) atoms. The Balaban J connectivity index is 3.60. The second kappa shape index (κ2) is 6.28. The Morgan fingerprint density at radius 3 is 2.64 bits per heavy atom. The molecule has 64 valence electrons. The summed E-state index contributed by atoms with van der Waals surface area (Å²) in [7, 11) is 3.66. The molecule has 0 spiro atoms. The Morgan fingerprint density at radius 2 is 2.27 bits per heavy atom. The minimum Gasteiger partial charge on any atom is -0.368 e. The molecule has 2 nitrogen and oxygen atoms in total. The lowest BCUT2D eigenvalue weighted by Gasteiger charge is -2.04. The number of nitrogens with zero attached hydrogens (tertiary/aromatic N) is 1. The topological polar surface area (TPSA) is 24.4 Å². The molecule has 0 rings (SSSR count). The fraction of sp³-hybridized carbons (Fsp3) is 0.625. The monoisotopic (exact) mass is 172 g/mol. The molecule has 1 N–H and O–H groups in total. The predicted octanol–water partition coefficient (Wildman–Crippen LogP) is 1.89. The summed E-state index contributed by atoms with van der Waals surface area (Å²) in [6.45, 7) is 6.03. The second-order valence-corrected chi connectivity index (χ2v) is 3.14. The van der Waals surface area contributed by atoms with Crippen molar-refractivity contribution in [3.05, 3.63) is 12.2 Å². The summed E-state index contributed by atoms with van der Waals surface area (Å²) in [4.78, 5) is 4.04. The highest BCUT2D eigenvalue weighted by molar-refractivity contribution is 8.13. The lowest BCUT2D eigenvalue weighted by Crippen LogP contribution is -2.14. The number of rotatable bonds is 3. The quantitative estimate of drug-likeness (QED) is 0.399. The van der Waals surface area contributed by atoms with Gasteiger partial charge in [0.25, 0.3) is 0 Å². The standard InChI is InChI=1S/C8H16N2S/c1-5-7(2)6-11-8(9-3)10-4/h2,5-6H2,1,3-4H3,(H,9,10). The van der Waals surface area contributed by atoms with Crippen LogP contribution in [0.5, 0.6) is 0 Å². The third-order valence-electron chi connectivity index (χ3n) is 1.33. The van der Waals surface area contributed by atoms with Crippen LogP contribution in [0.1, 0.15) is 13.3 Å². The molecule has 0 aromatic rings. The molecule has 0 aromatic carbocycles. The third-order valence-corrected chi connectivity index (χ3v) is 2.54. The van der Waals surface area contributed by atoms with E-state index in [-0.39, 0.29) is 0 Å². The highest BCUT2D eigenvalue weighted by Crippen LogP contribution is 2.09. The van der Waals surface area contributed by atoms with E-state index in [0.717, 1.165) is 17.3 Å². The average molecular weight is 172 g/mol. The zero-order chi connectivity index (χ0) is 8.69. The fourth-order valence-corrected chi connectivity index (χ4v) is 1.34. The first-order valence-corrected chi connectivity index (χ1v) is 4.67. The van der Waals surface area contributed by atoms with Crippen molar-refractivity contribution < 1.29 is 0 Å². The van der Waals surface area contributed by atoms with E-state index >= 15 is 0 Å². The molecule has 0 fully saturated rings. The van der Waals surface area contributed by atoms with Crippen LogP contribution in [0, 0.1) is 0 Å². The first kappa shape index (κ1) is 10.6. The SMILES string of the molecule is C=C(CC)CSC(=NC)NC. The fourth-order valence-electron chi connectivity index (χ4n) is 0.521. The van der Waals surface area contributed by atoms with E-state index in [1.165, 1.54) is 5.57 Å². The Labute approximate surface area is 73.2 Å². The molecule has 0 unspecified atom stereocenters. The van der Waals surface area contributed by atoms with Crippen LogP contribution in [0.2, 0.25) is 0 Å². The summed E-state index contributed by atoms with van der Waals surface area (Å²) in [5, 5.41) is 3.97. The van der Waals surface area contributed by atoms with E-state index in [1.54, 1.807) is 18.8 Å². The Bertz CT molecular complexity index is 152. The summed E-state index contributed by atoms with van der Waals surface area (Å²) >= 11 is 1.69. The molecule has 0 saturated carbocycles. The Hall–Kier alpha value is -0.440. The summed E-state index contributed by atoms with van der Waals surface area (Å²) in [5.41, 5.74) is 1.26. The van der Waals surface area contributed by atoms with Crippen LogP contribution in [0.15, 0.2) is 17.1 Å². The number of aliphatic imine (C=N–C) groups is 1. The minimum atomic E-state index is 0.962. The Morgan fingerprint density at radius 1 is 1.64 bits per heavy atom. The molecule has 0 radical (unpaired) electrons. The van der Waals surface area contributed by atoms with E-state index in [9.17, 15) is 0 Å². The Kier molecular flexibility index (Phi) is 6.03. The number of nitrogens with one attached hydrogen (secondary N) is 1. The molecule has 0 amide bonds. The van der Waals surface area contributed by atoms with Gasteiger partial charge in [0.1, 0.15) is 0 Å². The summed E-state index contributed by atoms with van der Waals surface area (Å²) in [6, 6.07) is 0. The third kappa shape index (κ3) is 4.90. The van der Waals surface area contributed by atoms with Crippen molar-refractivity contribution in [2.24, 2.45) is 4.99 Å². The molecule has 0 aliphatic heterocycles. The minimum absolute atomic E-state index is 0.962. The first-order chi connectivity index (χ1) is 5.24. The second-order valence-electron chi connectivity index (χ2n) is 2.17. The van der Waals surface area contributed by atoms with Crippen molar-refractivity contribution in [1.82, 2.24) is 5.32 Å². The van der Waals surface area contributed by atoms with Gasteiger partial charge in [-0.1, -0.05) is 30.8 Å². The zero-order valence-corrected chi connectivity index (χ0v) is 8.29. The van der Waals surface area contributed by atoms with E-state index in [1.807, 2.05) is 7.05 Å². The van der Waals surface area contributed by atoms with Gasteiger partial charge in [-0.3, -0.25) is 4.99 Å². The summed E-state index contributed by atoms with van der Waals surface area (Å²) in [5.74, 6) is 0.962. The summed E-state index contributed by atoms with van der Waals surface area (Å²) < 4.78 is 0. The van der Waals surface area contributed by atoms with Gasteiger partial charge in [-0.2, -0.15) is 0 Å². The molecule has 0 heterocycles. The average Bonchev–Trinajstić information content (AvgIpc) is 2.06. The predicted molar refractivity (Wildman–Crippen MR) is 54.3 cm³/mol. The summed E-state index contributed by atoms with van der Waals surface area (Å²) in [6.07, 6.45) is 1.05. The van der Waals surface area contributed by atoms with Crippen LogP contribution in [-0.4, -0.2) is 25.0 Å². The lowest BCUT2D eigenvalue weighted by molar-refractivity contribution is 1.12. The number of hydrogen-bond donors (Lipinski definition) is 1. The van der Waals surface area contributed by atoms with Crippen LogP contribution >= 0.6 is 11.8 Å². The maximum absolute atomic E-state index is 4.04. The molecule has 0 atom stereocenters. The van der Waals surface area contributed by atoms with Crippen molar-refractivity contribution in [3.8, 4) is 0 Å². The number of hydrogen-bond acceptors (Lipinski definition) is 2. The van der Waals surface area contributed by atoms with Gasteiger partial charge in [0.2, 0.25) is 0 Å². The van der Waals surface area contributed by atoms with E-state index in [2.05, 4.69) is 23.8 Å². The van der Waals surface area contributed by atoms with Gasteiger partial charge in [0.15, 0.2) is 5.17 Å². The molecule has 0 aliphatic carbocycles. The molecular formula is C8H16N2S. The van der Waals surface area contributed by atoms with Crippen molar-refractivity contribution in [3.63, 3.8) is 0 Å². The highest BCUT2D eigenvalue weighted by atomic mass is 32.2. The van der Waals surface area contributed by atoms with Crippen molar-refractivity contribution in [1.29, 1.82) is 0 Å². The molecule has 0 aromatic heterocycles. The van der Waals surface area contributed by atoms with Crippen molar-refractivity contribution in [2.45, 2.75) is 13.3 Å². The number of thioether (sulfide) groups is 1. The molecule has 0 aliphatic rings. The van der Waals surface area contributed by atoms with Crippen molar-refractivity contribution >= 4 is 16.9 Å². The number of amidine groups is 1. The van der Waals surface area contributed by atoms with Crippen LogP contribution in [0.25, 0.3) is 0 Å². The molecule has 0 saturated heterocycles. The van der Waals surface area contributed by atoms with Crippen LogP contribution in [-0.2, 0) is 0 Å². The van der Waals surface area contributed by atoms with Crippen molar-refractivity contribution in [2.75, 3.05) is 19.8 Å². The van der Waals surface area contributed by atoms with Gasteiger partial charge >= 0.3 is 0 Å². The maximum atomic E-state index is 4.04. The van der Waals surface area contributed by atoms with E-state index in [4.69, 9.17) is 0 Å². The van der Waals surface area contributed by atoms with Gasteiger partial charge in [-0.25, -0.2) is 0 Å². The van der Waals surface area contributed by atoms with Gasteiger partial charge < -0.3 is 5.32 Å². The van der Waals surface area contributed by atoms with Gasteiger partial charge in [0, 0.05) is 19.8 Å². The highest BCUT2D eigenvalue weighted by Gasteiger charge is 1.96. The largest absolute Gasteiger partial charge is 0.368 e.